The molecule has 8 atom stereocenters. The quantitative estimate of drug-likeness (QED) is 0.0685. The average molecular weight is 1000 g/mol. The Labute approximate surface area is 417 Å². The molecular weight excluding hydrogens is 917 g/mol. The largest absolute Gasteiger partial charge is 0.352 e. The molecule has 0 aromatic carbocycles. The fraction of sp³-hybridized carbons (Fsp3) is 0.896. The van der Waals surface area contributed by atoms with E-state index in [1.165, 1.54) is 88.0 Å². The highest BCUT2D eigenvalue weighted by molar-refractivity contribution is 8.00. The van der Waals surface area contributed by atoms with Gasteiger partial charge in [0.25, 0.3) is 0 Å². The Morgan fingerprint density at radius 2 is 0.716 bits per heavy atom. The topological polar surface area (TPSA) is 163 Å². The van der Waals surface area contributed by atoms with E-state index in [4.69, 9.17) is 5.73 Å². The molecule has 67 heavy (non-hydrogen) atoms. The van der Waals surface area contributed by atoms with Crippen LogP contribution in [0.2, 0.25) is 0 Å². The summed E-state index contributed by atoms with van der Waals surface area (Å²) in [6.07, 6.45) is 17.1. The molecule has 12 aliphatic rings. The van der Waals surface area contributed by atoms with Crippen molar-refractivity contribution in [1.82, 2.24) is 47.9 Å². The number of thioether (sulfide) groups is 4. The van der Waals surface area contributed by atoms with Gasteiger partial charge in [0.15, 0.2) is 0 Å². The molecule has 0 spiro atoms. The Morgan fingerprint density at radius 3 is 1.01 bits per heavy atom. The van der Waals surface area contributed by atoms with Gasteiger partial charge in [0, 0.05) is 103 Å². The predicted octanol–water partition coefficient (Wildman–Crippen LogP) is 0.537. The van der Waals surface area contributed by atoms with Crippen molar-refractivity contribution in [2.24, 2.45) is 28.9 Å². The zero-order chi connectivity index (χ0) is 45.2. The van der Waals surface area contributed by atoms with Crippen molar-refractivity contribution in [3.05, 3.63) is 0 Å². The van der Waals surface area contributed by atoms with Gasteiger partial charge in [-0.25, -0.2) is 0 Å². The number of nitrogens with one attached hydrogen (secondary N) is 9. The predicted molar refractivity (Wildman–Crippen MR) is 279 cm³/mol. The molecule has 1 amide bonds. The van der Waals surface area contributed by atoms with Crippen LogP contribution in [0.3, 0.4) is 0 Å². The van der Waals surface area contributed by atoms with E-state index in [-0.39, 0.29) is 5.41 Å². The van der Waals surface area contributed by atoms with Crippen molar-refractivity contribution in [2.75, 3.05) is 105 Å². The SMILES string of the molecule is NCSC[C@H]1CC[N+]2=C(N1)N[C@@H](CSC[C@H]1CC[N+]3=C(N1)N[C@@H](CSC[C@H]1CC[N+]4=C(N[C@@H](CSC[C@H]5CC[N+]6=C(N[C@@H](CNC(=O)C78CC9CC(CC(C9)C7)C8)CC6)N5)CC4)N1)CC3)CC2. The van der Waals surface area contributed by atoms with Gasteiger partial charge in [0.05, 0.1) is 107 Å². The highest BCUT2D eigenvalue weighted by Gasteiger charge is 2.54. The smallest absolute Gasteiger partial charge is 0.346 e. The molecule has 12 rings (SSSR count). The maximum atomic E-state index is 13.6. The summed E-state index contributed by atoms with van der Waals surface area (Å²) in [5.74, 6) is 16.5. The number of hydrogen-bond donors (Lipinski definition) is 10. The van der Waals surface area contributed by atoms with Gasteiger partial charge in [0.2, 0.25) is 5.91 Å². The van der Waals surface area contributed by atoms with Crippen LogP contribution in [0.5, 0.6) is 0 Å². The van der Waals surface area contributed by atoms with Gasteiger partial charge in [-0.1, -0.05) is 0 Å². The molecule has 372 valence electrons. The third-order valence-electron chi connectivity index (χ3n) is 17.4. The van der Waals surface area contributed by atoms with Crippen LogP contribution in [0, 0.1) is 23.2 Å². The molecule has 4 bridgehead atoms. The first kappa shape index (κ1) is 47.2. The average Bonchev–Trinajstić information content (AvgIpc) is 3.34. The van der Waals surface area contributed by atoms with E-state index in [2.05, 4.69) is 101 Å². The lowest BCUT2D eigenvalue weighted by Gasteiger charge is -2.55. The van der Waals surface area contributed by atoms with Gasteiger partial charge in [-0.05, 0) is 56.3 Å². The minimum atomic E-state index is -0.0574. The normalized spacial score (nSPS) is 37.5. The monoisotopic (exact) mass is 1000 g/mol. The van der Waals surface area contributed by atoms with Crippen LogP contribution >= 0.6 is 47.0 Å². The maximum Gasteiger partial charge on any atom is 0.346 e. The number of guanidine groups is 4. The molecule has 0 aromatic rings. The fourth-order valence-electron chi connectivity index (χ4n) is 13.9. The first-order valence-electron chi connectivity index (χ1n) is 26.8. The van der Waals surface area contributed by atoms with Crippen molar-refractivity contribution < 1.29 is 23.1 Å². The van der Waals surface area contributed by atoms with E-state index >= 15 is 0 Å². The Kier molecular flexibility index (Phi) is 15.3. The molecule has 15 nitrogen and oxygen atoms in total. The molecule has 0 saturated heterocycles. The van der Waals surface area contributed by atoms with Gasteiger partial charge in [-0.3, -0.25) is 65.6 Å². The van der Waals surface area contributed by atoms with E-state index < -0.39 is 0 Å². The highest BCUT2D eigenvalue weighted by atomic mass is 32.2. The number of nitrogens with zero attached hydrogens (tertiary/aromatic N) is 4. The molecule has 0 aromatic heterocycles. The van der Waals surface area contributed by atoms with Crippen molar-refractivity contribution in [3.63, 3.8) is 0 Å². The van der Waals surface area contributed by atoms with Crippen LogP contribution in [0.25, 0.3) is 0 Å². The van der Waals surface area contributed by atoms with Crippen LogP contribution in [-0.4, -0.2) is 201 Å². The van der Waals surface area contributed by atoms with Gasteiger partial charge in [-0.15, -0.1) is 11.8 Å². The molecule has 4 aliphatic carbocycles. The Bertz CT molecular complexity index is 1880. The van der Waals surface area contributed by atoms with Gasteiger partial charge in [0.1, 0.15) is 0 Å². The van der Waals surface area contributed by atoms with Crippen molar-refractivity contribution in [1.29, 1.82) is 0 Å². The minimum Gasteiger partial charge on any atom is -0.352 e. The van der Waals surface area contributed by atoms with Crippen LogP contribution in [0.15, 0.2) is 0 Å². The lowest BCUT2D eigenvalue weighted by molar-refractivity contribution is -0.542. The molecule has 0 unspecified atom stereocenters. The highest BCUT2D eigenvalue weighted by Crippen LogP contribution is 2.60. The number of nitrogens with two attached hydrogens (primary N) is 1. The second-order valence-corrected chi connectivity index (χ2v) is 26.7. The van der Waals surface area contributed by atoms with Gasteiger partial charge >= 0.3 is 23.8 Å². The molecule has 4 fully saturated rings. The molecule has 19 heteroatoms. The summed E-state index contributed by atoms with van der Waals surface area (Å²) in [6.45, 7) is 9.86. The Hall–Kier alpha value is -2.09. The first-order valence-corrected chi connectivity index (χ1v) is 31.4. The summed E-state index contributed by atoms with van der Waals surface area (Å²) in [5, 5.41) is 34.5. The summed E-state index contributed by atoms with van der Waals surface area (Å²) in [5.41, 5.74) is 5.70. The summed E-state index contributed by atoms with van der Waals surface area (Å²) in [6, 6.07) is 3.94. The van der Waals surface area contributed by atoms with E-state index in [1.54, 1.807) is 0 Å². The summed E-state index contributed by atoms with van der Waals surface area (Å²) >= 11 is 8.18. The van der Waals surface area contributed by atoms with E-state index in [1.807, 2.05) is 11.8 Å². The van der Waals surface area contributed by atoms with Crippen molar-refractivity contribution >= 4 is 76.8 Å². The Morgan fingerprint density at radius 1 is 0.448 bits per heavy atom. The minimum absolute atomic E-state index is 0.0574. The van der Waals surface area contributed by atoms with Gasteiger partial charge < -0.3 is 11.1 Å². The molecular formula is C48H84N14OS4+4. The number of carbonyl (C=O) groups excluding carboxylic acids is 1. The number of rotatable bonds is 18. The molecule has 8 aliphatic heterocycles. The molecule has 11 N–H and O–H groups in total. The maximum absolute atomic E-state index is 13.6. The molecule has 8 heterocycles. The third kappa shape index (κ3) is 11.5. The van der Waals surface area contributed by atoms with E-state index in [0.717, 1.165) is 143 Å². The zero-order valence-electron chi connectivity index (χ0n) is 40.2. The van der Waals surface area contributed by atoms with E-state index in [9.17, 15) is 4.79 Å². The van der Waals surface area contributed by atoms with Crippen molar-refractivity contribution in [2.45, 2.75) is 138 Å². The number of hydrogen-bond acceptors (Lipinski definition) is 14. The first-order chi connectivity index (χ1) is 32.9. The lowest BCUT2D eigenvalue weighted by atomic mass is 9.49. The Balaban J connectivity index is 0.554. The fourth-order valence-corrected chi connectivity index (χ4v) is 18.2. The lowest BCUT2D eigenvalue weighted by Crippen LogP contribution is -2.62. The van der Waals surface area contributed by atoms with Gasteiger partial charge in [-0.2, -0.15) is 35.3 Å². The molecule has 4 saturated carbocycles. The summed E-state index contributed by atoms with van der Waals surface area (Å²) < 4.78 is 10.1. The number of carbonyl (C=O) groups is 1. The van der Waals surface area contributed by atoms with Crippen LogP contribution < -0.4 is 53.6 Å². The second kappa shape index (κ2) is 21.7. The molecule has 0 radical (unpaired) electrons. The van der Waals surface area contributed by atoms with Crippen LogP contribution in [0.4, 0.5) is 0 Å². The van der Waals surface area contributed by atoms with Crippen LogP contribution in [0.1, 0.15) is 89.9 Å². The second-order valence-electron chi connectivity index (χ2n) is 22.4. The zero-order valence-corrected chi connectivity index (χ0v) is 43.4. The standard InChI is InChI=1S/C48H80N14OS4/c49-31-67-30-42-8-16-62-15-7-41(57-47(62)58-42)29-66-28-40-6-14-61-13-5-39(55-46(61)56-40)27-65-26-38-4-12-60-11-3-37(53-45(60)54-38)25-64-24-36-2-10-59-9-1-35(51-44(59)52-36)23-50-43(63)48-20-32-17-33(21-48)19-34(18-32)22-48/h32-42H,1-31,49H2,(H5,50,51,52,53,54,55,56,57,58,63)/p+4/t32?,33?,34?,35-,36-,37-,38-,39-,40-,41-,42-,48?/m1/s1. The van der Waals surface area contributed by atoms with Crippen molar-refractivity contribution in [3.8, 4) is 0 Å². The van der Waals surface area contributed by atoms with E-state index in [0.29, 0.717) is 60.1 Å². The summed E-state index contributed by atoms with van der Waals surface area (Å²) in [4.78, 5) is 13.6. The number of amides is 1. The van der Waals surface area contributed by atoms with Crippen LogP contribution in [-0.2, 0) is 4.79 Å². The third-order valence-corrected chi connectivity index (χ3v) is 22.1. The summed E-state index contributed by atoms with van der Waals surface area (Å²) in [7, 11) is 0.